The summed E-state index contributed by atoms with van der Waals surface area (Å²) in [5.74, 6) is 1.07. The molecular weight excluding hydrogens is 348 g/mol. The van der Waals surface area contributed by atoms with Gasteiger partial charge in [-0.15, -0.1) is 0 Å². The summed E-state index contributed by atoms with van der Waals surface area (Å²) in [4.78, 5) is 27.4. The quantitative estimate of drug-likeness (QED) is 0.857. The van der Waals surface area contributed by atoms with Gasteiger partial charge in [0, 0.05) is 24.0 Å². The minimum atomic E-state index is -0.809. The van der Waals surface area contributed by atoms with Crippen molar-refractivity contribution in [1.82, 2.24) is 10.2 Å². The zero-order valence-electron chi connectivity index (χ0n) is 15.9. The molecule has 0 bridgehead atoms. The van der Waals surface area contributed by atoms with Gasteiger partial charge in [0.1, 0.15) is 5.54 Å². The van der Waals surface area contributed by atoms with Crippen molar-refractivity contribution in [2.45, 2.75) is 71.0 Å². The summed E-state index contributed by atoms with van der Waals surface area (Å²) < 4.78 is 0. The third-order valence-corrected chi connectivity index (χ3v) is 6.89. The lowest BCUT2D eigenvalue weighted by Crippen LogP contribution is -2.57. The van der Waals surface area contributed by atoms with E-state index >= 15 is 0 Å². The summed E-state index contributed by atoms with van der Waals surface area (Å²) in [7, 11) is 0. The molecule has 4 atom stereocenters. The van der Waals surface area contributed by atoms with Crippen LogP contribution >= 0.6 is 11.6 Å². The second kappa shape index (κ2) is 7.59. The Morgan fingerprint density at radius 3 is 2.77 bits per heavy atom. The number of carbonyl (C=O) groups is 2. The summed E-state index contributed by atoms with van der Waals surface area (Å²) in [5.41, 5.74) is 0.0690. The smallest absolute Gasteiger partial charge is 0.245 e. The van der Waals surface area contributed by atoms with Crippen molar-refractivity contribution in [3.8, 4) is 0 Å². The second-order valence-corrected chi connectivity index (χ2v) is 8.60. The highest BCUT2D eigenvalue weighted by atomic mass is 35.5. The number of nitrogens with one attached hydrogen (secondary N) is 1. The highest BCUT2D eigenvalue weighted by molar-refractivity contribution is 6.31. The van der Waals surface area contributed by atoms with Crippen molar-refractivity contribution in [2.75, 3.05) is 0 Å². The van der Waals surface area contributed by atoms with Crippen molar-refractivity contribution in [1.29, 1.82) is 0 Å². The van der Waals surface area contributed by atoms with Crippen LogP contribution in [0.5, 0.6) is 0 Å². The Balaban J connectivity index is 1.76. The van der Waals surface area contributed by atoms with Crippen LogP contribution in [0.1, 0.15) is 58.4 Å². The van der Waals surface area contributed by atoms with E-state index < -0.39 is 5.54 Å². The molecule has 1 N–H and O–H groups in total. The predicted octanol–water partition coefficient (Wildman–Crippen LogP) is 4.16. The van der Waals surface area contributed by atoms with E-state index in [1.165, 1.54) is 6.42 Å². The van der Waals surface area contributed by atoms with Gasteiger partial charge in [-0.3, -0.25) is 9.59 Å². The SMILES string of the molecule is CC1CCCC(NC(=O)C2(C)CCC(=O)N2Cc2ccccc2Cl)C1C. The summed E-state index contributed by atoms with van der Waals surface area (Å²) in [6.07, 6.45) is 4.35. The van der Waals surface area contributed by atoms with Crippen molar-refractivity contribution in [3.63, 3.8) is 0 Å². The van der Waals surface area contributed by atoms with Crippen molar-refractivity contribution >= 4 is 23.4 Å². The fourth-order valence-electron chi connectivity index (χ4n) is 4.30. The molecule has 3 rings (SSSR count). The fraction of sp³-hybridized carbons (Fsp3) is 0.619. The molecule has 0 aromatic heterocycles. The van der Waals surface area contributed by atoms with E-state index in [0.29, 0.717) is 36.2 Å². The van der Waals surface area contributed by atoms with Gasteiger partial charge in [0.05, 0.1) is 0 Å². The molecule has 1 aliphatic carbocycles. The molecule has 26 heavy (non-hydrogen) atoms. The molecule has 1 saturated heterocycles. The van der Waals surface area contributed by atoms with Crippen LogP contribution in [0.3, 0.4) is 0 Å². The third kappa shape index (κ3) is 3.62. The third-order valence-electron chi connectivity index (χ3n) is 6.52. The van der Waals surface area contributed by atoms with Gasteiger partial charge in [0.25, 0.3) is 0 Å². The average molecular weight is 377 g/mol. The second-order valence-electron chi connectivity index (χ2n) is 8.19. The molecule has 1 aliphatic heterocycles. The number of hydrogen-bond donors (Lipinski definition) is 1. The predicted molar refractivity (Wildman–Crippen MR) is 104 cm³/mol. The molecule has 0 radical (unpaired) electrons. The Hall–Kier alpha value is -1.55. The number of amides is 2. The van der Waals surface area contributed by atoms with Crippen LogP contribution < -0.4 is 5.32 Å². The molecule has 4 unspecified atom stereocenters. The zero-order valence-corrected chi connectivity index (χ0v) is 16.7. The average Bonchev–Trinajstić information content (AvgIpc) is 2.90. The molecule has 0 spiro atoms. The number of nitrogens with zero attached hydrogens (tertiary/aromatic N) is 1. The lowest BCUT2D eigenvalue weighted by molar-refractivity contribution is -0.142. The minimum absolute atomic E-state index is 0.0210. The van der Waals surface area contributed by atoms with Crippen molar-refractivity contribution in [3.05, 3.63) is 34.9 Å². The van der Waals surface area contributed by atoms with Crippen LogP contribution in [0.4, 0.5) is 0 Å². The van der Waals surface area contributed by atoms with Gasteiger partial charge in [-0.05, 0) is 43.2 Å². The summed E-state index contributed by atoms with van der Waals surface area (Å²) in [6, 6.07) is 7.71. The van der Waals surface area contributed by atoms with Gasteiger partial charge < -0.3 is 10.2 Å². The van der Waals surface area contributed by atoms with Crippen LogP contribution in [0.15, 0.2) is 24.3 Å². The summed E-state index contributed by atoms with van der Waals surface area (Å²) in [6.45, 7) is 6.74. The first-order chi connectivity index (χ1) is 12.3. The zero-order chi connectivity index (χ0) is 18.9. The molecule has 2 fully saturated rings. The van der Waals surface area contributed by atoms with Gasteiger partial charge in [-0.1, -0.05) is 56.5 Å². The first-order valence-electron chi connectivity index (χ1n) is 9.68. The van der Waals surface area contributed by atoms with E-state index in [9.17, 15) is 9.59 Å². The van der Waals surface area contributed by atoms with Crippen LogP contribution in [-0.2, 0) is 16.1 Å². The molecule has 1 heterocycles. The molecule has 1 aromatic carbocycles. The van der Waals surface area contributed by atoms with E-state index in [2.05, 4.69) is 19.2 Å². The van der Waals surface area contributed by atoms with Crippen LogP contribution in [-0.4, -0.2) is 28.3 Å². The maximum absolute atomic E-state index is 13.2. The topological polar surface area (TPSA) is 49.4 Å². The molecule has 142 valence electrons. The van der Waals surface area contributed by atoms with E-state index in [1.54, 1.807) is 4.90 Å². The molecule has 2 aliphatic rings. The van der Waals surface area contributed by atoms with E-state index in [1.807, 2.05) is 31.2 Å². The first-order valence-corrected chi connectivity index (χ1v) is 10.1. The maximum atomic E-state index is 13.2. The van der Waals surface area contributed by atoms with Crippen molar-refractivity contribution in [2.24, 2.45) is 11.8 Å². The summed E-state index contributed by atoms with van der Waals surface area (Å²) in [5, 5.41) is 3.90. The number of likely N-dealkylation sites (tertiary alicyclic amines) is 1. The standard InChI is InChI=1S/C21H29ClN2O2/c1-14-7-6-10-18(15(14)2)23-20(26)21(3)12-11-19(25)24(21)13-16-8-4-5-9-17(16)22/h4-5,8-9,14-15,18H,6-7,10-13H2,1-3H3,(H,23,26). The number of hydrogen-bond acceptors (Lipinski definition) is 2. The lowest BCUT2D eigenvalue weighted by Gasteiger charge is -2.39. The highest BCUT2D eigenvalue weighted by Gasteiger charge is 2.48. The number of benzene rings is 1. The summed E-state index contributed by atoms with van der Waals surface area (Å²) >= 11 is 6.28. The van der Waals surface area contributed by atoms with E-state index in [0.717, 1.165) is 18.4 Å². The van der Waals surface area contributed by atoms with Crippen LogP contribution in [0, 0.1) is 11.8 Å². The number of halogens is 1. The molecule has 2 amide bonds. The monoisotopic (exact) mass is 376 g/mol. The van der Waals surface area contributed by atoms with Gasteiger partial charge in [-0.2, -0.15) is 0 Å². The van der Waals surface area contributed by atoms with E-state index in [-0.39, 0.29) is 17.9 Å². The van der Waals surface area contributed by atoms with Crippen LogP contribution in [0.25, 0.3) is 0 Å². The van der Waals surface area contributed by atoms with Gasteiger partial charge >= 0.3 is 0 Å². The van der Waals surface area contributed by atoms with Gasteiger partial charge in [0.2, 0.25) is 11.8 Å². The Kier molecular flexibility index (Phi) is 5.61. The molecule has 1 aromatic rings. The van der Waals surface area contributed by atoms with Gasteiger partial charge in [0.15, 0.2) is 0 Å². The Bertz CT molecular complexity index is 692. The maximum Gasteiger partial charge on any atom is 0.245 e. The van der Waals surface area contributed by atoms with Crippen molar-refractivity contribution < 1.29 is 9.59 Å². The molecule has 4 nitrogen and oxygen atoms in total. The molecule has 1 saturated carbocycles. The fourth-order valence-corrected chi connectivity index (χ4v) is 4.50. The first kappa shape index (κ1) is 19.2. The molecular formula is C21H29ClN2O2. The number of rotatable bonds is 4. The Morgan fingerprint density at radius 2 is 2.04 bits per heavy atom. The normalized spacial score (nSPS) is 31.9. The Morgan fingerprint density at radius 1 is 1.31 bits per heavy atom. The highest BCUT2D eigenvalue weighted by Crippen LogP contribution is 2.35. The van der Waals surface area contributed by atoms with Crippen LogP contribution in [0.2, 0.25) is 5.02 Å². The number of carbonyl (C=O) groups excluding carboxylic acids is 2. The Labute approximate surface area is 161 Å². The molecule has 5 heteroatoms. The van der Waals surface area contributed by atoms with Gasteiger partial charge in [-0.25, -0.2) is 0 Å². The minimum Gasteiger partial charge on any atom is -0.351 e. The van der Waals surface area contributed by atoms with E-state index in [4.69, 9.17) is 11.6 Å². The largest absolute Gasteiger partial charge is 0.351 e. The lowest BCUT2D eigenvalue weighted by atomic mass is 9.77.